The lowest BCUT2D eigenvalue weighted by Crippen LogP contribution is -2.31. The van der Waals surface area contributed by atoms with Gasteiger partial charge in [-0.1, -0.05) is 17.3 Å². The second-order valence-corrected chi connectivity index (χ2v) is 7.21. The molecule has 4 aromatic rings. The van der Waals surface area contributed by atoms with Crippen LogP contribution in [0.1, 0.15) is 5.56 Å². The van der Waals surface area contributed by atoms with Crippen LogP contribution >= 0.6 is 11.3 Å². The van der Waals surface area contributed by atoms with Crippen LogP contribution in [0.25, 0.3) is 22.2 Å². The molecule has 0 aliphatic carbocycles. The van der Waals surface area contributed by atoms with Gasteiger partial charge in [0.2, 0.25) is 0 Å². The summed E-state index contributed by atoms with van der Waals surface area (Å²) in [6, 6.07) is 13.8. The summed E-state index contributed by atoms with van der Waals surface area (Å²) in [6.45, 7) is 1.33. The van der Waals surface area contributed by atoms with Gasteiger partial charge in [-0.15, -0.1) is 0 Å². The van der Waals surface area contributed by atoms with Crippen molar-refractivity contribution in [2.45, 2.75) is 12.6 Å². The summed E-state index contributed by atoms with van der Waals surface area (Å²) in [6.07, 6.45) is -0.627. The second kappa shape index (κ2) is 8.52. The number of nitrogens with one attached hydrogen (secondary N) is 1. The van der Waals surface area contributed by atoms with E-state index in [4.69, 9.17) is 9.26 Å². The Bertz CT molecular complexity index is 1050. The van der Waals surface area contributed by atoms with Crippen LogP contribution in [0, 0.1) is 5.82 Å². The highest BCUT2D eigenvalue weighted by Crippen LogP contribution is 2.30. The molecule has 0 aliphatic rings. The number of nitrogens with zero attached hydrogens (tertiary/aromatic N) is 1. The number of ether oxygens (including phenoxy) is 1. The van der Waals surface area contributed by atoms with Gasteiger partial charge in [-0.3, -0.25) is 0 Å². The lowest BCUT2D eigenvalue weighted by Gasteiger charge is -2.13. The third-order valence-electron chi connectivity index (χ3n) is 4.27. The van der Waals surface area contributed by atoms with Gasteiger partial charge in [-0.05, 0) is 46.7 Å². The molecule has 0 radical (unpaired) electrons. The van der Waals surface area contributed by atoms with Crippen molar-refractivity contribution < 1.29 is 18.8 Å². The highest BCUT2D eigenvalue weighted by molar-refractivity contribution is 7.07. The summed E-state index contributed by atoms with van der Waals surface area (Å²) in [5.41, 5.74) is 3.02. The largest absolute Gasteiger partial charge is 0.491 e. The number of hydrogen-bond donors (Lipinski definition) is 2. The van der Waals surface area contributed by atoms with E-state index in [0.29, 0.717) is 23.6 Å². The highest BCUT2D eigenvalue weighted by atomic mass is 32.1. The Morgan fingerprint density at radius 3 is 3.00 bits per heavy atom. The highest BCUT2D eigenvalue weighted by Gasteiger charge is 2.12. The number of aromatic nitrogens is 1. The minimum atomic E-state index is -0.627. The molecule has 4 rings (SSSR count). The van der Waals surface area contributed by atoms with Crippen molar-refractivity contribution in [3.63, 3.8) is 0 Å². The van der Waals surface area contributed by atoms with Gasteiger partial charge in [0, 0.05) is 30.1 Å². The molecule has 0 amide bonds. The van der Waals surface area contributed by atoms with Crippen molar-refractivity contribution in [3.8, 4) is 17.0 Å². The Kier molecular flexibility index (Phi) is 5.66. The molecule has 2 N–H and O–H groups in total. The fourth-order valence-electron chi connectivity index (χ4n) is 2.88. The van der Waals surface area contributed by atoms with Crippen LogP contribution in [0.3, 0.4) is 0 Å². The molecule has 28 heavy (non-hydrogen) atoms. The number of hydrogen-bond acceptors (Lipinski definition) is 6. The van der Waals surface area contributed by atoms with Crippen LogP contribution in [0.4, 0.5) is 4.39 Å². The Balaban J connectivity index is 1.37. The zero-order valence-corrected chi connectivity index (χ0v) is 15.8. The van der Waals surface area contributed by atoms with Crippen LogP contribution in [0.2, 0.25) is 0 Å². The molecule has 0 bridgehead atoms. The summed E-state index contributed by atoms with van der Waals surface area (Å²) < 4.78 is 24.3. The van der Waals surface area contributed by atoms with Crippen molar-refractivity contribution in [2.24, 2.45) is 0 Å². The monoisotopic (exact) mass is 398 g/mol. The van der Waals surface area contributed by atoms with Gasteiger partial charge in [0.25, 0.3) is 0 Å². The average Bonchev–Trinajstić information content (AvgIpc) is 3.36. The van der Waals surface area contributed by atoms with Crippen LogP contribution in [0.5, 0.6) is 5.75 Å². The molecule has 0 fully saturated rings. The molecule has 2 aromatic carbocycles. The molecule has 0 saturated heterocycles. The van der Waals surface area contributed by atoms with Gasteiger partial charge in [0.1, 0.15) is 30.0 Å². The van der Waals surface area contributed by atoms with Gasteiger partial charge < -0.3 is 19.7 Å². The first-order valence-corrected chi connectivity index (χ1v) is 9.81. The molecule has 0 spiro atoms. The van der Waals surface area contributed by atoms with Crippen LogP contribution in [-0.4, -0.2) is 29.5 Å². The topological polar surface area (TPSA) is 67.5 Å². The number of halogens is 1. The zero-order chi connectivity index (χ0) is 19.3. The molecule has 144 valence electrons. The Morgan fingerprint density at radius 2 is 2.14 bits per heavy atom. The number of rotatable bonds is 8. The number of benzene rings is 2. The van der Waals surface area contributed by atoms with Gasteiger partial charge in [0.15, 0.2) is 5.58 Å². The lowest BCUT2D eigenvalue weighted by molar-refractivity contribution is 0.106. The van der Waals surface area contributed by atoms with Gasteiger partial charge in [-0.2, -0.15) is 11.3 Å². The van der Waals surface area contributed by atoms with Crippen LogP contribution < -0.4 is 10.1 Å². The number of fused-ring (bicyclic) bond motifs is 1. The first-order valence-electron chi connectivity index (χ1n) is 8.87. The smallest absolute Gasteiger partial charge is 0.170 e. The summed E-state index contributed by atoms with van der Waals surface area (Å²) in [5, 5.41) is 22.2. The van der Waals surface area contributed by atoms with Crippen molar-refractivity contribution in [3.05, 3.63) is 70.7 Å². The quantitative estimate of drug-likeness (QED) is 0.465. The minimum absolute atomic E-state index is 0.171. The molecule has 5 nitrogen and oxygen atoms in total. The molecule has 2 heterocycles. The third kappa shape index (κ3) is 4.39. The molecule has 2 aromatic heterocycles. The van der Waals surface area contributed by atoms with Gasteiger partial charge in [0.05, 0.1) is 0 Å². The van der Waals surface area contributed by atoms with Gasteiger partial charge in [-0.25, -0.2) is 4.39 Å². The fraction of sp³-hybridized carbons (Fsp3) is 0.190. The normalized spacial score (nSPS) is 12.4. The van der Waals surface area contributed by atoms with E-state index < -0.39 is 6.10 Å². The minimum Gasteiger partial charge on any atom is -0.491 e. The van der Waals surface area contributed by atoms with E-state index in [1.165, 1.54) is 17.7 Å². The SMILES string of the molecule is O[C@H](CNCc1ccsc1)COc1cccc(-c2noc3cc(F)ccc23)c1. The molecule has 0 saturated carbocycles. The molecule has 0 aliphatic heterocycles. The first kappa shape index (κ1) is 18.6. The second-order valence-electron chi connectivity index (χ2n) is 6.43. The molecule has 0 unspecified atom stereocenters. The van der Waals surface area contributed by atoms with E-state index >= 15 is 0 Å². The van der Waals surface area contributed by atoms with E-state index in [1.807, 2.05) is 35.7 Å². The van der Waals surface area contributed by atoms with Crippen LogP contribution in [0.15, 0.2) is 63.8 Å². The predicted molar refractivity (Wildman–Crippen MR) is 107 cm³/mol. The van der Waals surface area contributed by atoms with Crippen molar-refractivity contribution in [1.82, 2.24) is 10.5 Å². The molecule has 7 heteroatoms. The first-order chi connectivity index (χ1) is 13.7. The molecular formula is C21H19FN2O3S. The molecule has 1 atom stereocenters. The predicted octanol–water partition coefficient (Wildman–Crippen LogP) is 4.22. The van der Waals surface area contributed by atoms with E-state index in [1.54, 1.807) is 17.4 Å². The lowest BCUT2D eigenvalue weighted by atomic mass is 10.1. The maximum Gasteiger partial charge on any atom is 0.170 e. The van der Waals surface area contributed by atoms with E-state index in [9.17, 15) is 9.50 Å². The number of aliphatic hydroxyl groups excluding tert-OH is 1. The van der Waals surface area contributed by atoms with Gasteiger partial charge >= 0.3 is 0 Å². The van der Waals surface area contributed by atoms with E-state index in [2.05, 4.69) is 15.9 Å². The Hall–Kier alpha value is -2.74. The summed E-state index contributed by atoms with van der Waals surface area (Å²) in [5.74, 6) is 0.251. The summed E-state index contributed by atoms with van der Waals surface area (Å²) >= 11 is 1.65. The summed E-state index contributed by atoms with van der Waals surface area (Å²) in [7, 11) is 0. The zero-order valence-electron chi connectivity index (χ0n) is 15.0. The Morgan fingerprint density at radius 1 is 1.21 bits per heavy atom. The fourth-order valence-corrected chi connectivity index (χ4v) is 3.55. The van der Waals surface area contributed by atoms with Crippen molar-refractivity contribution in [1.29, 1.82) is 0 Å². The average molecular weight is 398 g/mol. The summed E-state index contributed by atoms with van der Waals surface area (Å²) in [4.78, 5) is 0. The standard InChI is InChI=1S/C21H19FN2O3S/c22-16-4-5-19-20(9-16)27-24-21(19)15-2-1-3-18(8-15)26-12-17(25)11-23-10-14-6-7-28-13-14/h1-9,13,17,23,25H,10-12H2/t17-/m1/s1. The van der Waals surface area contributed by atoms with E-state index in [0.717, 1.165) is 17.5 Å². The number of aliphatic hydroxyl groups is 1. The van der Waals surface area contributed by atoms with Crippen molar-refractivity contribution >= 4 is 22.3 Å². The van der Waals surface area contributed by atoms with Crippen LogP contribution in [-0.2, 0) is 6.54 Å². The Labute approximate surface area is 165 Å². The molecular weight excluding hydrogens is 379 g/mol. The van der Waals surface area contributed by atoms with E-state index in [-0.39, 0.29) is 12.4 Å². The third-order valence-corrected chi connectivity index (χ3v) is 5.01. The maximum atomic E-state index is 13.3. The van der Waals surface area contributed by atoms with Crippen molar-refractivity contribution in [2.75, 3.05) is 13.2 Å². The number of thiophene rings is 1. The maximum absolute atomic E-state index is 13.3.